The molecule has 1 aromatic rings. The van der Waals surface area contributed by atoms with E-state index in [-0.39, 0.29) is 0 Å². The Balaban J connectivity index is 1.61. The third kappa shape index (κ3) is 7.07. The smallest absolute Gasteiger partial charge is 0.313 e. The first-order valence-electron chi connectivity index (χ1n) is 8.32. The number of nitrogens with one attached hydrogen (secondary N) is 1. The van der Waals surface area contributed by atoms with Crippen LogP contribution < -0.4 is 5.32 Å². The minimum absolute atomic E-state index is 0.450. The molecule has 23 heavy (non-hydrogen) atoms. The van der Waals surface area contributed by atoms with Gasteiger partial charge in [-0.3, -0.25) is 0 Å². The van der Waals surface area contributed by atoms with Crippen molar-refractivity contribution in [1.82, 2.24) is 5.32 Å². The van der Waals surface area contributed by atoms with Crippen molar-refractivity contribution < 1.29 is 9.46 Å². The van der Waals surface area contributed by atoms with Gasteiger partial charge in [0, 0.05) is 12.5 Å². The molecule has 3 unspecified atom stereocenters. The maximum Gasteiger partial charge on any atom is 0.505 e. The summed E-state index contributed by atoms with van der Waals surface area (Å²) in [4.78, 5) is 9.06. The topological polar surface area (TPSA) is 49.3 Å². The molecule has 1 fully saturated rings. The van der Waals surface area contributed by atoms with Crippen LogP contribution in [0.5, 0.6) is 0 Å². The Bertz CT molecular complexity index is 527. The molecule has 1 aromatic carbocycles. The second-order valence-electron chi connectivity index (χ2n) is 6.50. The van der Waals surface area contributed by atoms with E-state index in [2.05, 4.69) is 5.32 Å². The Morgan fingerprint density at radius 1 is 1.22 bits per heavy atom. The summed E-state index contributed by atoms with van der Waals surface area (Å²) in [6.45, 7) is 1.78. The van der Waals surface area contributed by atoms with Gasteiger partial charge < -0.3 is 5.32 Å². The molecule has 0 spiro atoms. The first-order valence-corrected chi connectivity index (χ1v) is 10.5. The molecule has 128 valence electrons. The number of hydrogen-bond acceptors (Lipinski definition) is 2. The zero-order chi connectivity index (χ0) is 16.7. The second kappa shape index (κ2) is 9.96. The standard InChI is InChI=1S/C17H24Cl2NO2P/c18-16-7-6-14(10-17(16)19)11-20-8-2-5-13-3-1-4-15(9-13)12-23(21)22/h6-7,10,13,15,20H,1-5,8-9,11-12H2/p+1. The number of halogens is 2. The molecule has 0 heterocycles. The van der Waals surface area contributed by atoms with Crippen molar-refractivity contribution >= 4 is 31.2 Å². The van der Waals surface area contributed by atoms with Gasteiger partial charge in [0.1, 0.15) is 0 Å². The highest BCUT2D eigenvalue weighted by atomic mass is 35.5. The largest absolute Gasteiger partial charge is 0.505 e. The predicted molar refractivity (Wildman–Crippen MR) is 97.5 cm³/mol. The monoisotopic (exact) mass is 376 g/mol. The molecule has 3 nitrogen and oxygen atoms in total. The van der Waals surface area contributed by atoms with E-state index < -0.39 is 8.03 Å². The quantitative estimate of drug-likeness (QED) is 0.471. The molecule has 0 saturated heterocycles. The fourth-order valence-electron chi connectivity index (χ4n) is 3.45. The van der Waals surface area contributed by atoms with Crippen LogP contribution in [-0.4, -0.2) is 17.6 Å². The molecule has 6 heteroatoms. The first-order chi connectivity index (χ1) is 11.0. The molecular formula is C17H25Cl2NO2P+. The van der Waals surface area contributed by atoms with Crippen molar-refractivity contribution in [3.05, 3.63) is 33.8 Å². The molecule has 2 N–H and O–H groups in total. The second-order valence-corrected chi connectivity index (χ2v) is 8.38. The Kier molecular flexibility index (Phi) is 8.29. The minimum Gasteiger partial charge on any atom is -0.313 e. The zero-order valence-corrected chi connectivity index (χ0v) is 15.7. The maximum absolute atomic E-state index is 11.0. The lowest BCUT2D eigenvalue weighted by atomic mass is 9.80. The summed E-state index contributed by atoms with van der Waals surface area (Å²) in [5, 5.41) is 4.63. The van der Waals surface area contributed by atoms with Crippen LogP contribution in [-0.2, 0) is 11.1 Å². The van der Waals surface area contributed by atoms with Crippen LogP contribution in [0.25, 0.3) is 0 Å². The molecule has 0 radical (unpaired) electrons. The fraction of sp³-hybridized carbons (Fsp3) is 0.647. The van der Waals surface area contributed by atoms with E-state index in [4.69, 9.17) is 28.1 Å². The summed E-state index contributed by atoms with van der Waals surface area (Å²) in [5.41, 5.74) is 1.14. The SMILES string of the molecule is O=[P+](O)CC1CCCC(CCCNCc2ccc(Cl)c(Cl)c2)C1. The van der Waals surface area contributed by atoms with Crippen LogP contribution in [0.1, 0.15) is 44.1 Å². The molecule has 0 bridgehead atoms. The molecular weight excluding hydrogens is 352 g/mol. The van der Waals surface area contributed by atoms with Gasteiger partial charge in [0.25, 0.3) is 0 Å². The normalized spacial score (nSPS) is 22.1. The van der Waals surface area contributed by atoms with Gasteiger partial charge in [-0.2, -0.15) is 4.89 Å². The number of rotatable bonds is 8. The van der Waals surface area contributed by atoms with E-state index in [9.17, 15) is 4.57 Å². The fourth-order valence-corrected chi connectivity index (χ4v) is 4.54. The van der Waals surface area contributed by atoms with Crippen molar-refractivity contribution in [2.75, 3.05) is 12.7 Å². The van der Waals surface area contributed by atoms with Gasteiger partial charge in [0.15, 0.2) is 6.16 Å². The average molecular weight is 377 g/mol. The first kappa shape index (κ1) is 19.1. The van der Waals surface area contributed by atoms with Gasteiger partial charge in [0.2, 0.25) is 0 Å². The van der Waals surface area contributed by atoms with Crippen LogP contribution in [0, 0.1) is 11.8 Å². The van der Waals surface area contributed by atoms with Gasteiger partial charge in [-0.15, -0.1) is 0 Å². The molecule has 2 rings (SSSR count). The third-order valence-electron chi connectivity index (χ3n) is 4.58. The average Bonchev–Trinajstić information content (AvgIpc) is 2.50. The van der Waals surface area contributed by atoms with Gasteiger partial charge >= 0.3 is 8.03 Å². The molecule has 0 amide bonds. The van der Waals surface area contributed by atoms with Crippen molar-refractivity contribution in [1.29, 1.82) is 0 Å². The number of hydrogen-bond donors (Lipinski definition) is 2. The summed E-state index contributed by atoms with van der Waals surface area (Å²) >= 11 is 11.9. The lowest BCUT2D eigenvalue weighted by Crippen LogP contribution is -2.20. The Morgan fingerprint density at radius 2 is 2.00 bits per heavy atom. The van der Waals surface area contributed by atoms with Crippen molar-refractivity contribution in [2.24, 2.45) is 11.8 Å². The van der Waals surface area contributed by atoms with E-state index in [0.717, 1.165) is 43.8 Å². The molecule has 3 atom stereocenters. The van der Waals surface area contributed by atoms with Crippen LogP contribution >= 0.6 is 31.2 Å². The third-order valence-corrected chi connectivity index (χ3v) is 6.15. The van der Waals surface area contributed by atoms with Gasteiger partial charge in [-0.1, -0.05) is 42.1 Å². The lowest BCUT2D eigenvalue weighted by Gasteiger charge is -2.26. The maximum atomic E-state index is 11.0. The summed E-state index contributed by atoms with van der Waals surface area (Å²) < 4.78 is 11.0. The van der Waals surface area contributed by atoms with Gasteiger partial charge in [-0.05, 0) is 60.4 Å². The van der Waals surface area contributed by atoms with Gasteiger partial charge in [-0.25, -0.2) is 0 Å². The molecule has 1 aliphatic rings. The molecule has 1 aliphatic carbocycles. The minimum atomic E-state index is -1.97. The Morgan fingerprint density at radius 3 is 2.74 bits per heavy atom. The van der Waals surface area contributed by atoms with E-state index in [1.165, 1.54) is 19.3 Å². The molecule has 1 saturated carbocycles. The highest BCUT2D eigenvalue weighted by Crippen LogP contribution is 2.35. The summed E-state index contributed by atoms with van der Waals surface area (Å²) in [6, 6.07) is 5.72. The zero-order valence-electron chi connectivity index (χ0n) is 13.3. The molecule has 0 aliphatic heterocycles. The van der Waals surface area contributed by atoms with E-state index in [1.54, 1.807) is 0 Å². The van der Waals surface area contributed by atoms with Gasteiger partial charge in [0.05, 0.1) is 10.0 Å². The van der Waals surface area contributed by atoms with E-state index in [0.29, 0.717) is 22.1 Å². The van der Waals surface area contributed by atoms with E-state index in [1.807, 2.05) is 18.2 Å². The highest BCUT2D eigenvalue weighted by Gasteiger charge is 2.27. The van der Waals surface area contributed by atoms with E-state index >= 15 is 0 Å². The van der Waals surface area contributed by atoms with Crippen molar-refractivity contribution in [2.45, 2.75) is 45.1 Å². The number of benzene rings is 1. The van der Waals surface area contributed by atoms with Crippen LogP contribution in [0.2, 0.25) is 10.0 Å². The van der Waals surface area contributed by atoms with Crippen LogP contribution in [0.3, 0.4) is 0 Å². The van der Waals surface area contributed by atoms with Crippen molar-refractivity contribution in [3.8, 4) is 0 Å². The Hall–Kier alpha value is -0.180. The van der Waals surface area contributed by atoms with Crippen LogP contribution in [0.4, 0.5) is 0 Å². The Labute approximate surface area is 149 Å². The predicted octanol–water partition coefficient (Wildman–Crippen LogP) is 5.40. The molecule has 0 aromatic heterocycles. The lowest BCUT2D eigenvalue weighted by molar-refractivity contribution is 0.264. The summed E-state index contributed by atoms with van der Waals surface area (Å²) in [5.74, 6) is 1.17. The highest BCUT2D eigenvalue weighted by molar-refractivity contribution is 7.38. The van der Waals surface area contributed by atoms with Crippen LogP contribution in [0.15, 0.2) is 18.2 Å². The summed E-state index contributed by atoms with van der Waals surface area (Å²) in [7, 11) is -1.97. The van der Waals surface area contributed by atoms with Crippen molar-refractivity contribution in [3.63, 3.8) is 0 Å². The summed E-state index contributed by atoms with van der Waals surface area (Å²) in [6.07, 6.45) is 7.54.